The molecular weight excluding hydrogens is 322 g/mol. The van der Waals surface area contributed by atoms with Gasteiger partial charge in [0.15, 0.2) is 0 Å². The Kier molecular flexibility index (Phi) is 3.81. The third-order valence-corrected chi connectivity index (χ3v) is 6.23. The highest BCUT2D eigenvalue weighted by molar-refractivity contribution is 7.19. The van der Waals surface area contributed by atoms with Crippen molar-refractivity contribution in [2.45, 2.75) is 19.5 Å². The van der Waals surface area contributed by atoms with E-state index < -0.39 is 0 Å². The minimum atomic E-state index is -0.324. The highest BCUT2D eigenvalue weighted by Crippen LogP contribution is 2.32. The van der Waals surface area contributed by atoms with Gasteiger partial charge in [0, 0.05) is 42.8 Å². The largest absolute Gasteiger partial charge is 0.335 e. The first-order chi connectivity index (χ1) is 11.5. The molecule has 0 spiro atoms. The van der Waals surface area contributed by atoms with Gasteiger partial charge in [-0.2, -0.15) is 0 Å². The normalized spacial score (nSPS) is 22.3. The summed E-state index contributed by atoms with van der Waals surface area (Å²) in [5.74, 6) is 0.130. The van der Waals surface area contributed by atoms with Crippen LogP contribution in [0.15, 0.2) is 24.3 Å². The maximum absolute atomic E-state index is 12.4. The quantitative estimate of drug-likeness (QED) is 0.834. The second-order valence-corrected chi connectivity index (χ2v) is 7.92. The van der Waals surface area contributed by atoms with Gasteiger partial charge in [-0.1, -0.05) is 18.2 Å². The smallest absolute Gasteiger partial charge is 0.246 e. The number of aryl methyl sites for hydroxylation is 1. The molecule has 0 aliphatic carbocycles. The molecule has 0 radical (unpaired) electrons. The molecule has 2 saturated heterocycles. The van der Waals surface area contributed by atoms with E-state index in [9.17, 15) is 9.59 Å². The topological polar surface area (TPSA) is 43.9 Å². The summed E-state index contributed by atoms with van der Waals surface area (Å²) in [6.07, 6.45) is 0. The van der Waals surface area contributed by atoms with E-state index in [0.29, 0.717) is 13.1 Å². The summed E-state index contributed by atoms with van der Waals surface area (Å²) in [6.45, 7) is 5.31. The Hall–Kier alpha value is -1.92. The van der Waals surface area contributed by atoms with E-state index in [2.05, 4.69) is 36.1 Å². The van der Waals surface area contributed by atoms with Gasteiger partial charge >= 0.3 is 0 Å². The van der Waals surface area contributed by atoms with Gasteiger partial charge in [0.1, 0.15) is 6.04 Å². The molecule has 4 rings (SSSR count). The average Bonchev–Trinajstić information content (AvgIpc) is 2.88. The fourth-order valence-corrected chi connectivity index (χ4v) is 4.84. The number of carbonyl (C=O) groups excluding carboxylic acids is 2. The van der Waals surface area contributed by atoms with E-state index in [4.69, 9.17) is 0 Å². The first-order valence-electron chi connectivity index (χ1n) is 8.28. The summed E-state index contributed by atoms with van der Waals surface area (Å²) in [5, 5.41) is 1.31. The number of piperazine rings is 2. The summed E-state index contributed by atoms with van der Waals surface area (Å²) in [7, 11) is 1.72. The average molecular weight is 343 g/mol. The second-order valence-electron chi connectivity index (χ2n) is 6.67. The molecule has 2 fully saturated rings. The molecule has 0 N–H and O–H groups in total. The van der Waals surface area contributed by atoms with Crippen molar-refractivity contribution in [3.05, 3.63) is 34.7 Å². The van der Waals surface area contributed by atoms with Crippen LogP contribution in [-0.4, -0.2) is 65.8 Å². The molecule has 0 unspecified atom stereocenters. The van der Waals surface area contributed by atoms with Crippen molar-refractivity contribution in [3.8, 4) is 0 Å². The van der Waals surface area contributed by atoms with Crippen LogP contribution in [0, 0.1) is 6.92 Å². The lowest BCUT2D eigenvalue weighted by Gasteiger charge is -2.45. The Morgan fingerprint density at radius 3 is 2.83 bits per heavy atom. The van der Waals surface area contributed by atoms with Crippen molar-refractivity contribution in [3.63, 3.8) is 0 Å². The third-order valence-electron chi connectivity index (χ3n) is 5.10. The standard InChI is InChI=1S/C18H21N3O2S/c1-12-14(13-5-3-4-6-16(13)24-12)9-20-7-8-21-15(10-20)18(23)19(2)11-17(21)22/h3-6,15H,7-11H2,1-2H3/t15-/m0/s1. The number of hydrogen-bond acceptors (Lipinski definition) is 4. The number of likely N-dealkylation sites (N-methyl/N-ethyl adjacent to an activating group) is 1. The van der Waals surface area contributed by atoms with Gasteiger partial charge in [0.05, 0.1) is 6.54 Å². The Balaban J connectivity index is 1.57. The zero-order valence-electron chi connectivity index (χ0n) is 14.0. The summed E-state index contributed by atoms with van der Waals surface area (Å²) in [5.41, 5.74) is 1.35. The van der Waals surface area contributed by atoms with E-state index in [1.54, 1.807) is 16.8 Å². The minimum Gasteiger partial charge on any atom is -0.335 e. The molecule has 2 aliphatic heterocycles. The molecule has 2 amide bonds. The summed E-state index contributed by atoms with van der Waals surface area (Å²) in [4.78, 5) is 31.6. The van der Waals surface area contributed by atoms with Crippen molar-refractivity contribution in [2.24, 2.45) is 0 Å². The predicted octanol–water partition coefficient (Wildman–Crippen LogP) is 1.69. The molecule has 5 nitrogen and oxygen atoms in total. The van der Waals surface area contributed by atoms with Gasteiger partial charge < -0.3 is 9.80 Å². The fraction of sp³-hybridized carbons (Fsp3) is 0.444. The first-order valence-corrected chi connectivity index (χ1v) is 9.10. The molecule has 24 heavy (non-hydrogen) atoms. The summed E-state index contributed by atoms with van der Waals surface area (Å²) < 4.78 is 1.31. The van der Waals surface area contributed by atoms with Gasteiger partial charge in [-0.05, 0) is 23.9 Å². The number of thiophene rings is 1. The van der Waals surface area contributed by atoms with Crippen molar-refractivity contribution in [1.82, 2.24) is 14.7 Å². The number of nitrogens with zero attached hydrogens (tertiary/aromatic N) is 3. The molecular formula is C18H21N3O2S. The lowest BCUT2D eigenvalue weighted by molar-refractivity contribution is -0.158. The molecule has 126 valence electrons. The predicted molar refractivity (Wildman–Crippen MR) is 95.0 cm³/mol. The Morgan fingerprint density at radius 2 is 2.00 bits per heavy atom. The Morgan fingerprint density at radius 1 is 1.21 bits per heavy atom. The molecule has 1 atom stereocenters. The van der Waals surface area contributed by atoms with Gasteiger partial charge in [-0.15, -0.1) is 11.3 Å². The SMILES string of the molecule is Cc1sc2ccccc2c1CN1CCN2C(=O)CN(C)C(=O)[C@@H]2C1. The van der Waals surface area contributed by atoms with Gasteiger partial charge in [-0.25, -0.2) is 0 Å². The third kappa shape index (κ3) is 2.50. The van der Waals surface area contributed by atoms with Crippen molar-refractivity contribution in [2.75, 3.05) is 33.2 Å². The van der Waals surface area contributed by atoms with E-state index >= 15 is 0 Å². The molecule has 2 aromatic rings. The first kappa shape index (κ1) is 15.6. The van der Waals surface area contributed by atoms with Crippen LogP contribution in [0.4, 0.5) is 0 Å². The van der Waals surface area contributed by atoms with Crippen LogP contribution in [0.2, 0.25) is 0 Å². The second kappa shape index (κ2) is 5.86. The molecule has 3 heterocycles. The number of amides is 2. The maximum atomic E-state index is 12.4. The lowest BCUT2D eigenvalue weighted by atomic mass is 10.1. The maximum Gasteiger partial charge on any atom is 0.246 e. The Bertz CT molecular complexity index is 816. The van der Waals surface area contributed by atoms with Crippen LogP contribution < -0.4 is 0 Å². The summed E-state index contributed by atoms with van der Waals surface area (Å²) in [6, 6.07) is 8.16. The molecule has 6 heteroatoms. The zero-order chi connectivity index (χ0) is 16.8. The fourth-order valence-electron chi connectivity index (χ4n) is 3.76. The van der Waals surface area contributed by atoms with Crippen LogP contribution in [0.5, 0.6) is 0 Å². The molecule has 0 bridgehead atoms. The summed E-state index contributed by atoms with van der Waals surface area (Å²) >= 11 is 1.83. The van der Waals surface area contributed by atoms with Gasteiger partial charge in [0.25, 0.3) is 0 Å². The number of hydrogen-bond donors (Lipinski definition) is 0. The monoisotopic (exact) mass is 343 g/mol. The zero-order valence-corrected chi connectivity index (χ0v) is 14.8. The van der Waals surface area contributed by atoms with E-state index in [0.717, 1.165) is 13.1 Å². The van der Waals surface area contributed by atoms with Crippen LogP contribution in [0.3, 0.4) is 0 Å². The van der Waals surface area contributed by atoms with E-state index in [1.807, 2.05) is 11.3 Å². The van der Waals surface area contributed by atoms with Crippen LogP contribution in [-0.2, 0) is 16.1 Å². The van der Waals surface area contributed by atoms with Crippen LogP contribution in [0.25, 0.3) is 10.1 Å². The number of benzene rings is 1. The molecule has 0 saturated carbocycles. The van der Waals surface area contributed by atoms with Crippen molar-refractivity contribution >= 4 is 33.2 Å². The lowest BCUT2D eigenvalue weighted by Crippen LogP contribution is -2.65. The Labute approximate surface area is 145 Å². The molecule has 1 aromatic carbocycles. The van der Waals surface area contributed by atoms with Crippen LogP contribution in [0.1, 0.15) is 10.4 Å². The number of rotatable bonds is 2. The van der Waals surface area contributed by atoms with Gasteiger partial charge in [0.2, 0.25) is 11.8 Å². The van der Waals surface area contributed by atoms with Crippen LogP contribution >= 0.6 is 11.3 Å². The highest BCUT2D eigenvalue weighted by atomic mass is 32.1. The van der Waals surface area contributed by atoms with Crippen molar-refractivity contribution in [1.29, 1.82) is 0 Å². The number of carbonyl (C=O) groups is 2. The number of fused-ring (bicyclic) bond motifs is 2. The van der Waals surface area contributed by atoms with Crippen molar-refractivity contribution < 1.29 is 9.59 Å². The molecule has 1 aromatic heterocycles. The van der Waals surface area contributed by atoms with E-state index in [-0.39, 0.29) is 24.4 Å². The molecule has 2 aliphatic rings. The highest BCUT2D eigenvalue weighted by Gasteiger charge is 2.41. The minimum absolute atomic E-state index is 0.0613. The van der Waals surface area contributed by atoms with E-state index in [1.165, 1.54) is 20.5 Å². The van der Waals surface area contributed by atoms with Gasteiger partial charge in [-0.3, -0.25) is 14.5 Å².